The standard InChI is InChI=1S/C11H23NO4S/c1-5-6-9(10(13)14)12-17(15,16)8-7-11(2,3)4/h9,12H,5-8H2,1-4H3,(H,13,14)/t9-/m1/s1. The summed E-state index contributed by atoms with van der Waals surface area (Å²) in [5, 5.41) is 8.87. The lowest BCUT2D eigenvalue weighted by atomic mass is 9.94. The number of carboxylic acid groups (broad SMARTS) is 1. The summed E-state index contributed by atoms with van der Waals surface area (Å²) in [5.41, 5.74) is -0.0851. The van der Waals surface area contributed by atoms with Gasteiger partial charge < -0.3 is 5.11 Å². The van der Waals surface area contributed by atoms with Gasteiger partial charge in [0.15, 0.2) is 0 Å². The fourth-order valence-electron chi connectivity index (χ4n) is 1.24. The van der Waals surface area contributed by atoms with E-state index in [1.54, 1.807) is 0 Å². The number of sulfonamides is 1. The van der Waals surface area contributed by atoms with Gasteiger partial charge in [0.25, 0.3) is 0 Å². The van der Waals surface area contributed by atoms with Gasteiger partial charge in [-0.05, 0) is 18.3 Å². The second kappa shape index (κ2) is 6.35. The molecule has 0 aliphatic heterocycles. The van der Waals surface area contributed by atoms with Crippen LogP contribution in [0.1, 0.15) is 47.0 Å². The zero-order chi connectivity index (χ0) is 13.7. The summed E-state index contributed by atoms with van der Waals surface area (Å²) < 4.78 is 25.6. The van der Waals surface area contributed by atoms with Crippen molar-refractivity contribution in [1.82, 2.24) is 4.72 Å². The molecule has 0 amide bonds. The Kier molecular flexibility index (Phi) is 6.12. The Balaban J connectivity index is 4.46. The van der Waals surface area contributed by atoms with Gasteiger partial charge in [0.1, 0.15) is 6.04 Å². The van der Waals surface area contributed by atoms with Crippen LogP contribution in [0.15, 0.2) is 0 Å². The summed E-state index contributed by atoms with van der Waals surface area (Å²) in [5.74, 6) is -1.16. The van der Waals surface area contributed by atoms with Crippen LogP contribution in [-0.2, 0) is 14.8 Å². The average molecular weight is 265 g/mol. The van der Waals surface area contributed by atoms with Crippen LogP contribution in [0, 0.1) is 5.41 Å². The van der Waals surface area contributed by atoms with Crippen molar-refractivity contribution in [1.29, 1.82) is 0 Å². The summed E-state index contributed by atoms with van der Waals surface area (Å²) in [4.78, 5) is 10.8. The molecule has 0 radical (unpaired) electrons. The Bertz CT molecular complexity index is 343. The molecule has 2 N–H and O–H groups in total. The third-order valence-corrected chi connectivity index (χ3v) is 3.70. The molecule has 0 aliphatic rings. The largest absolute Gasteiger partial charge is 0.480 e. The van der Waals surface area contributed by atoms with Crippen LogP contribution in [-0.4, -0.2) is 31.3 Å². The Morgan fingerprint density at radius 1 is 1.35 bits per heavy atom. The van der Waals surface area contributed by atoms with E-state index >= 15 is 0 Å². The van der Waals surface area contributed by atoms with Crippen LogP contribution in [0.25, 0.3) is 0 Å². The zero-order valence-electron chi connectivity index (χ0n) is 11.0. The lowest BCUT2D eigenvalue weighted by molar-refractivity contribution is -0.139. The second-order valence-electron chi connectivity index (χ2n) is 5.43. The molecule has 0 heterocycles. The molecule has 6 heteroatoms. The molecule has 0 aromatic carbocycles. The molecule has 0 saturated carbocycles. The topological polar surface area (TPSA) is 83.5 Å². The highest BCUT2D eigenvalue weighted by molar-refractivity contribution is 7.89. The van der Waals surface area contributed by atoms with E-state index in [1.165, 1.54) is 0 Å². The van der Waals surface area contributed by atoms with Crippen molar-refractivity contribution in [2.75, 3.05) is 5.75 Å². The highest BCUT2D eigenvalue weighted by Gasteiger charge is 2.24. The van der Waals surface area contributed by atoms with Crippen LogP contribution in [0.4, 0.5) is 0 Å². The molecular formula is C11H23NO4S. The van der Waals surface area contributed by atoms with Gasteiger partial charge in [-0.25, -0.2) is 13.1 Å². The highest BCUT2D eigenvalue weighted by Crippen LogP contribution is 2.19. The maximum atomic E-state index is 11.7. The number of hydrogen-bond donors (Lipinski definition) is 2. The fourth-order valence-corrected chi connectivity index (χ4v) is 2.89. The molecule has 5 nitrogen and oxygen atoms in total. The van der Waals surface area contributed by atoms with E-state index in [0.717, 1.165) is 0 Å². The normalized spacial score (nSPS) is 14.6. The van der Waals surface area contributed by atoms with Gasteiger partial charge in [-0.3, -0.25) is 4.79 Å². The second-order valence-corrected chi connectivity index (χ2v) is 7.30. The first-order valence-corrected chi connectivity index (χ1v) is 7.45. The smallest absolute Gasteiger partial charge is 0.321 e. The molecule has 17 heavy (non-hydrogen) atoms. The minimum absolute atomic E-state index is 0.0377. The van der Waals surface area contributed by atoms with Crippen molar-refractivity contribution in [3.8, 4) is 0 Å². The van der Waals surface area contributed by atoms with E-state index in [2.05, 4.69) is 4.72 Å². The van der Waals surface area contributed by atoms with E-state index in [1.807, 2.05) is 27.7 Å². The van der Waals surface area contributed by atoms with Crippen molar-refractivity contribution in [3.63, 3.8) is 0 Å². The Morgan fingerprint density at radius 2 is 1.88 bits per heavy atom. The van der Waals surface area contributed by atoms with Gasteiger partial charge in [-0.15, -0.1) is 0 Å². The third kappa shape index (κ3) is 8.15. The zero-order valence-corrected chi connectivity index (χ0v) is 11.8. The van der Waals surface area contributed by atoms with Gasteiger partial charge in [-0.1, -0.05) is 34.1 Å². The van der Waals surface area contributed by atoms with Gasteiger partial charge in [0.2, 0.25) is 10.0 Å². The van der Waals surface area contributed by atoms with Crippen LogP contribution < -0.4 is 4.72 Å². The fraction of sp³-hybridized carbons (Fsp3) is 0.909. The third-order valence-electron chi connectivity index (χ3n) is 2.32. The Labute approximate surface area is 104 Å². The highest BCUT2D eigenvalue weighted by atomic mass is 32.2. The summed E-state index contributed by atoms with van der Waals surface area (Å²) in [6.45, 7) is 7.66. The summed E-state index contributed by atoms with van der Waals surface area (Å²) in [6, 6.07) is -1.01. The Hall–Kier alpha value is -0.620. The minimum atomic E-state index is -3.51. The average Bonchev–Trinajstić information content (AvgIpc) is 2.13. The van der Waals surface area contributed by atoms with Gasteiger partial charge in [0.05, 0.1) is 5.75 Å². The first kappa shape index (κ1) is 16.4. The number of nitrogens with one attached hydrogen (secondary N) is 1. The molecule has 0 bridgehead atoms. The van der Waals surface area contributed by atoms with Crippen molar-refractivity contribution >= 4 is 16.0 Å². The number of aliphatic carboxylic acids is 1. The van der Waals surface area contributed by atoms with Gasteiger partial charge >= 0.3 is 5.97 Å². The monoisotopic (exact) mass is 265 g/mol. The van der Waals surface area contributed by atoms with E-state index < -0.39 is 22.0 Å². The van der Waals surface area contributed by atoms with E-state index in [-0.39, 0.29) is 11.2 Å². The van der Waals surface area contributed by atoms with Gasteiger partial charge in [-0.2, -0.15) is 0 Å². The van der Waals surface area contributed by atoms with Crippen LogP contribution in [0.5, 0.6) is 0 Å². The lowest BCUT2D eigenvalue weighted by Crippen LogP contribution is -2.42. The minimum Gasteiger partial charge on any atom is -0.480 e. The molecule has 0 saturated heterocycles. The molecule has 0 aromatic rings. The lowest BCUT2D eigenvalue weighted by Gasteiger charge is -2.19. The number of rotatable bonds is 7. The molecule has 0 aliphatic carbocycles. The SMILES string of the molecule is CCC[C@@H](NS(=O)(=O)CCC(C)(C)C)C(=O)O. The van der Waals surface area contributed by atoms with E-state index in [0.29, 0.717) is 19.3 Å². The molecular weight excluding hydrogens is 242 g/mol. The summed E-state index contributed by atoms with van der Waals surface area (Å²) >= 11 is 0. The van der Waals surface area contributed by atoms with Gasteiger partial charge in [0, 0.05) is 0 Å². The van der Waals surface area contributed by atoms with E-state index in [4.69, 9.17) is 5.11 Å². The molecule has 0 unspecified atom stereocenters. The van der Waals surface area contributed by atoms with Crippen LogP contribution in [0.3, 0.4) is 0 Å². The first-order valence-electron chi connectivity index (χ1n) is 5.80. The van der Waals surface area contributed by atoms with E-state index in [9.17, 15) is 13.2 Å². The molecule has 0 fully saturated rings. The molecule has 1 atom stereocenters. The maximum Gasteiger partial charge on any atom is 0.321 e. The van der Waals surface area contributed by atoms with Crippen molar-refractivity contribution < 1.29 is 18.3 Å². The number of carbonyl (C=O) groups is 1. The number of hydrogen-bond acceptors (Lipinski definition) is 3. The van der Waals surface area contributed by atoms with Crippen molar-refractivity contribution in [3.05, 3.63) is 0 Å². The summed E-state index contributed by atoms with van der Waals surface area (Å²) in [6.07, 6.45) is 1.43. The van der Waals surface area contributed by atoms with Crippen LogP contribution in [0.2, 0.25) is 0 Å². The molecule has 0 rings (SSSR count). The van der Waals surface area contributed by atoms with Crippen LogP contribution >= 0.6 is 0 Å². The predicted octanol–water partition coefficient (Wildman–Crippen LogP) is 1.60. The Morgan fingerprint density at radius 3 is 2.24 bits per heavy atom. The quantitative estimate of drug-likeness (QED) is 0.732. The summed E-state index contributed by atoms with van der Waals surface area (Å²) in [7, 11) is -3.51. The molecule has 0 spiro atoms. The number of carboxylic acids is 1. The maximum absolute atomic E-state index is 11.7. The van der Waals surface area contributed by atoms with Crippen molar-refractivity contribution in [2.45, 2.75) is 53.0 Å². The first-order chi connectivity index (χ1) is 7.57. The van der Waals surface area contributed by atoms with Crippen molar-refractivity contribution in [2.24, 2.45) is 5.41 Å². The molecule has 0 aromatic heterocycles. The molecule has 102 valence electrons. The predicted molar refractivity (Wildman–Crippen MR) is 67.3 cm³/mol.